The summed E-state index contributed by atoms with van der Waals surface area (Å²) >= 11 is 1.15. The van der Waals surface area contributed by atoms with Crippen LogP contribution in [-0.2, 0) is 11.3 Å². The van der Waals surface area contributed by atoms with E-state index in [9.17, 15) is 9.59 Å². The fourth-order valence-corrected chi connectivity index (χ4v) is 3.76. The molecule has 2 heterocycles. The van der Waals surface area contributed by atoms with Gasteiger partial charge in [0.2, 0.25) is 5.91 Å². The van der Waals surface area contributed by atoms with Crippen molar-refractivity contribution < 1.29 is 9.21 Å². The molecule has 0 saturated heterocycles. The maximum atomic E-state index is 13.0. The molecule has 148 valence electrons. The molecule has 1 N–H and O–H groups in total. The smallest absolute Gasteiger partial charge is 0.262 e. The van der Waals surface area contributed by atoms with Crippen molar-refractivity contribution in [3.8, 4) is 6.07 Å². The summed E-state index contributed by atoms with van der Waals surface area (Å²) in [6, 6.07) is 19.4. The van der Waals surface area contributed by atoms with E-state index in [1.165, 1.54) is 4.57 Å². The molecular weight excluding hydrogens is 400 g/mol. The molecule has 0 spiro atoms. The van der Waals surface area contributed by atoms with E-state index in [1.807, 2.05) is 12.1 Å². The fraction of sp³-hybridized carbons (Fsp3) is 0.0909. The number of fused-ring (bicyclic) bond motifs is 1. The number of nitriles is 1. The standard InChI is InChI=1S/C22H16N4O3S/c23-12-15-6-1-3-9-18(15)24-20(27)14-30-22-25-19-10-4-2-8-17(19)21(28)26(22)13-16-7-5-11-29-16/h1-11H,13-14H2,(H,24,27). The minimum atomic E-state index is -0.297. The van der Waals surface area contributed by atoms with Crippen molar-refractivity contribution in [3.05, 3.63) is 88.6 Å². The number of amides is 1. The number of aromatic nitrogens is 2. The molecule has 0 aliphatic rings. The lowest BCUT2D eigenvalue weighted by molar-refractivity contribution is -0.113. The quantitative estimate of drug-likeness (QED) is 0.380. The van der Waals surface area contributed by atoms with Gasteiger partial charge < -0.3 is 9.73 Å². The molecule has 7 nitrogen and oxygen atoms in total. The van der Waals surface area contributed by atoms with Crippen molar-refractivity contribution in [2.45, 2.75) is 11.7 Å². The predicted octanol–water partition coefficient (Wildman–Crippen LogP) is 3.64. The van der Waals surface area contributed by atoms with E-state index in [0.29, 0.717) is 33.1 Å². The Morgan fingerprint density at radius 2 is 1.93 bits per heavy atom. The molecule has 4 aromatic rings. The van der Waals surface area contributed by atoms with Crippen LogP contribution in [-0.4, -0.2) is 21.2 Å². The molecule has 4 rings (SSSR count). The van der Waals surface area contributed by atoms with Gasteiger partial charge in [-0.05, 0) is 36.4 Å². The van der Waals surface area contributed by atoms with Crippen LogP contribution >= 0.6 is 11.8 Å². The van der Waals surface area contributed by atoms with Crippen LogP contribution < -0.4 is 10.9 Å². The zero-order chi connectivity index (χ0) is 20.9. The number of para-hydroxylation sites is 2. The van der Waals surface area contributed by atoms with Crippen molar-refractivity contribution in [2.24, 2.45) is 0 Å². The van der Waals surface area contributed by atoms with Crippen molar-refractivity contribution >= 4 is 34.3 Å². The fourth-order valence-electron chi connectivity index (χ4n) is 2.96. The van der Waals surface area contributed by atoms with E-state index in [1.54, 1.807) is 60.9 Å². The Hall–Kier alpha value is -3.83. The molecule has 1 amide bonds. The van der Waals surface area contributed by atoms with Gasteiger partial charge in [0.25, 0.3) is 5.56 Å². The van der Waals surface area contributed by atoms with Gasteiger partial charge in [-0.3, -0.25) is 14.2 Å². The molecular formula is C22H16N4O3S. The summed E-state index contributed by atoms with van der Waals surface area (Å²) in [5, 5.41) is 12.8. The van der Waals surface area contributed by atoms with Crippen molar-refractivity contribution in [3.63, 3.8) is 0 Å². The SMILES string of the molecule is N#Cc1ccccc1NC(=O)CSc1nc2ccccc2c(=O)n1Cc1ccco1. The number of nitrogens with one attached hydrogen (secondary N) is 1. The van der Waals surface area contributed by atoms with Gasteiger partial charge in [0, 0.05) is 0 Å². The van der Waals surface area contributed by atoms with Gasteiger partial charge in [0.15, 0.2) is 5.16 Å². The van der Waals surface area contributed by atoms with Crippen LogP contribution in [0.3, 0.4) is 0 Å². The van der Waals surface area contributed by atoms with E-state index in [0.717, 1.165) is 11.8 Å². The number of furan rings is 1. The number of thioether (sulfide) groups is 1. The first-order chi connectivity index (χ1) is 14.7. The maximum Gasteiger partial charge on any atom is 0.262 e. The highest BCUT2D eigenvalue weighted by molar-refractivity contribution is 7.99. The normalized spacial score (nSPS) is 10.6. The third-order valence-corrected chi connectivity index (χ3v) is 5.35. The van der Waals surface area contributed by atoms with Crippen LogP contribution in [0.4, 0.5) is 5.69 Å². The minimum Gasteiger partial charge on any atom is -0.467 e. The zero-order valence-electron chi connectivity index (χ0n) is 15.7. The van der Waals surface area contributed by atoms with Crippen molar-refractivity contribution in [1.82, 2.24) is 9.55 Å². The summed E-state index contributed by atoms with van der Waals surface area (Å²) in [6.07, 6.45) is 1.54. The monoisotopic (exact) mass is 416 g/mol. The van der Waals surface area contributed by atoms with E-state index in [4.69, 9.17) is 9.68 Å². The second-order valence-electron chi connectivity index (χ2n) is 6.38. The van der Waals surface area contributed by atoms with Crippen LogP contribution in [0.25, 0.3) is 10.9 Å². The number of rotatable bonds is 6. The summed E-state index contributed by atoms with van der Waals surface area (Å²) < 4.78 is 6.89. The lowest BCUT2D eigenvalue weighted by Gasteiger charge is -2.12. The van der Waals surface area contributed by atoms with Gasteiger partial charge in [-0.15, -0.1) is 0 Å². The first-order valence-electron chi connectivity index (χ1n) is 9.09. The Balaban J connectivity index is 1.60. The maximum absolute atomic E-state index is 13.0. The van der Waals surface area contributed by atoms with Crippen LogP contribution in [0.5, 0.6) is 0 Å². The van der Waals surface area contributed by atoms with Crippen LogP contribution in [0, 0.1) is 11.3 Å². The summed E-state index contributed by atoms with van der Waals surface area (Å²) in [5.74, 6) is 0.348. The molecule has 0 atom stereocenters. The van der Waals surface area contributed by atoms with Gasteiger partial charge in [-0.2, -0.15) is 5.26 Å². The summed E-state index contributed by atoms with van der Waals surface area (Å²) in [7, 11) is 0. The predicted molar refractivity (Wildman–Crippen MR) is 114 cm³/mol. The Kier molecular flexibility index (Phi) is 5.63. The molecule has 0 aliphatic heterocycles. The van der Waals surface area contributed by atoms with Gasteiger partial charge in [0.05, 0.1) is 40.7 Å². The first-order valence-corrected chi connectivity index (χ1v) is 10.1. The van der Waals surface area contributed by atoms with Gasteiger partial charge in [-0.25, -0.2) is 4.98 Å². The van der Waals surface area contributed by atoms with E-state index in [-0.39, 0.29) is 23.8 Å². The van der Waals surface area contributed by atoms with E-state index >= 15 is 0 Å². The third-order valence-electron chi connectivity index (χ3n) is 4.37. The average molecular weight is 416 g/mol. The highest BCUT2D eigenvalue weighted by Gasteiger charge is 2.15. The summed E-state index contributed by atoms with van der Waals surface area (Å²) in [5.41, 5.74) is 1.20. The molecule has 2 aromatic carbocycles. The van der Waals surface area contributed by atoms with E-state index < -0.39 is 0 Å². The Bertz CT molecular complexity index is 1310. The molecule has 8 heteroatoms. The second kappa shape index (κ2) is 8.68. The van der Waals surface area contributed by atoms with Gasteiger partial charge in [-0.1, -0.05) is 36.0 Å². The average Bonchev–Trinajstić information content (AvgIpc) is 3.28. The third kappa shape index (κ3) is 4.11. The number of nitrogens with zero attached hydrogens (tertiary/aromatic N) is 3. The number of hydrogen-bond acceptors (Lipinski definition) is 6. The van der Waals surface area contributed by atoms with E-state index in [2.05, 4.69) is 10.3 Å². The number of anilines is 1. The molecule has 0 bridgehead atoms. The lowest BCUT2D eigenvalue weighted by atomic mass is 10.2. The van der Waals surface area contributed by atoms with Gasteiger partial charge in [0.1, 0.15) is 11.8 Å². The second-order valence-corrected chi connectivity index (χ2v) is 7.32. The highest BCUT2D eigenvalue weighted by Crippen LogP contribution is 2.20. The molecule has 0 unspecified atom stereocenters. The van der Waals surface area contributed by atoms with Crippen LogP contribution in [0.15, 0.2) is 81.3 Å². The molecule has 0 radical (unpaired) electrons. The number of hydrogen-bond donors (Lipinski definition) is 1. The number of carbonyl (C=O) groups excluding carboxylic acids is 1. The first kappa shape index (κ1) is 19.5. The Morgan fingerprint density at radius 3 is 2.73 bits per heavy atom. The largest absolute Gasteiger partial charge is 0.467 e. The molecule has 0 saturated carbocycles. The van der Waals surface area contributed by atoms with Crippen molar-refractivity contribution in [1.29, 1.82) is 5.26 Å². The zero-order valence-corrected chi connectivity index (χ0v) is 16.6. The molecule has 2 aromatic heterocycles. The summed E-state index contributed by atoms with van der Waals surface area (Å²) in [6.45, 7) is 0.213. The molecule has 0 fully saturated rings. The van der Waals surface area contributed by atoms with Crippen LogP contribution in [0.1, 0.15) is 11.3 Å². The topological polar surface area (TPSA) is 101 Å². The Morgan fingerprint density at radius 1 is 1.13 bits per heavy atom. The Labute approximate surface area is 176 Å². The highest BCUT2D eigenvalue weighted by atomic mass is 32.2. The summed E-state index contributed by atoms with van der Waals surface area (Å²) in [4.78, 5) is 30.1. The molecule has 30 heavy (non-hydrogen) atoms. The van der Waals surface area contributed by atoms with Crippen molar-refractivity contribution in [2.75, 3.05) is 11.1 Å². The minimum absolute atomic E-state index is 0.0305. The van der Waals surface area contributed by atoms with Crippen LogP contribution in [0.2, 0.25) is 0 Å². The number of benzene rings is 2. The molecule has 0 aliphatic carbocycles. The lowest BCUT2D eigenvalue weighted by Crippen LogP contribution is -2.24. The van der Waals surface area contributed by atoms with Gasteiger partial charge >= 0.3 is 0 Å². The number of carbonyl (C=O) groups is 1.